The Morgan fingerprint density at radius 2 is 1.83 bits per heavy atom. The predicted molar refractivity (Wildman–Crippen MR) is 108 cm³/mol. The maximum absolute atomic E-state index is 13.8. The van der Waals surface area contributed by atoms with Gasteiger partial charge in [-0.05, 0) is 42.7 Å². The van der Waals surface area contributed by atoms with Gasteiger partial charge in [-0.15, -0.1) is 0 Å². The molecule has 1 saturated heterocycles. The van der Waals surface area contributed by atoms with Crippen molar-refractivity contribution in [3.05, 3.63) is 63.6 Å². The number of benzene rings is 2. The van der Waals surface area contributed by atoms with E-state index < -0.39 is 39.2 Å². The largest absolute Gasteiger partial charge is 0.321 e. The minimum absolute atomic E-state index is 0.0639. The molecule has 10 heteroatoms. The molecule has 1 aliphatic rings. The predicted octanol–water partition coefficient (Wildman–Crippen LogP) is 4.45. The first-order chi connectivity index (χ1) is 13.7. The third-order valence-electron chi connectivity index (χ3n) is 4.69. The van der Waals surface area contributed by atoms with Crippen LogP contribution in [0.2, 0.25) is 10.0 Å². The van der Waals surface area contributed by atoms with Crippen LogP contribution in [0, 0.1) is 17.6 Å². The molecule has 1 N–H and O–H groups in total. The van der Waals surface area contributed by atoms with Crippen LogP contribution in [-0.2, 0) is 20.6 Å². The van der Waals surface area contributed by atoms with E-state index in [9.17, 15) is 22.0 Å². The minimum Gasteiger partial charge on any atom is -0.321 e. The Morgan fingerprint density at radius 1 is 1.14 bits per heavy atom. The third kappa shape index (κ3) is 5.25. The number of nitrogens with zero attached hydrogens (tertiary/aromatic N) is 1. The van der Waals surface area contributed by atoms with Crippen LogP contribution >= 0.6 is 23.2 Å². The maximum Gasteiger partial charge on any atom is 0.228 e. The lowest BCUT2D eigenvalue weighted by Crippen LogP contribution is -2.44. The average Bonchev–Trinajstić information content (AvgIpc) is 2.67. The number of carbonyl (C=O) groups excluding carboxylic acids is 1. The van der Waals surface area contributed by atoms with E-state index >= 15 is 0 Å². The molecule has 1 fully saturated rings. The number of piperidine rings is 1. The fourth-order valence-corrected chi connectivity index (χ4v) is 5.10. The number of hydrogen-bond donors (Lipinski definition) is 1. The second-order valence-electron chi connectivity index (χ2n) is 6.79. The smallest absolute Gasteiger partial charge is 0.228 e. The summed E-state index contributed by atoms with van der Waals surface area (Å²) in [6.45, 7) is 0.201. The lowest BCUT2D eigenvalue weighted by molar-refractivity contribution is -0.120. The normalized spacial score (nSPS) is 17.9. The molecule has 1 amide bonds. The zero-order chi connectivity index (χ0) is 21.2. The molecule has 2 aromatic rings. The Morgan fingerprint density at radius 3 is 2.48 bits per heavy atom. The highest BCUT2D eigenvalue weighted by molar-refractivity contribution is 7.88. The molecular formula is C19H18Cl2F2N2O3S. The van der Waals surface area contributed by atoms with E-state index in [2.05, 4.69) is 5.32 Å². The minimum atomic E-state index is -3.72. The van der Waals surface area contributed by atoms with E-state index in [-0.39, 0.29) is 23.9 Å². The quantitative estimate of drug-likeness (QED) is 0.713. The highest BCUT2D eigenvalue weighted by Gasteiger charge is 2.33. The SMILES string of the molecule is O=C(Nc1c(F)cccc1F)[C@@H]1CCCN(S(=O)(=O)Cc2ccc(Cl)c(Cl)c2)C1. The van der Waals surface area contributed by atoms with Crippen molar-refractivity contribution >= 4 is 44.8 Å². The second-order valence-corrected chi connectivity index (χ2v) is 9.57. The van der Waals surface area contributed by atoms with Crippen LogP contribution in [0.4, 0.5) is 14.5 Å². The molecule has 0 aromatic heterocycles. The number of halogens is 4. The third-order valence-corrected chi connectivity index (χ3v) is 7.25. The summed E-state index contributed by atoms with van der Waals surface area (Å²) in [4.78, 5) is 12.5. The molecule has 0 saturated carbocycles. The molecule has 5 nitrogen and oxygen atoms in total. The van der Waals surface area contributed by atoms with Gasteiger partial charge in [-0.2, -0.15) is 0 Å². The summed E-state index contributed by atoms with van der Waals surface area (Å²) < 4.78 is 54.3. The van der Waals surface area contributed by atoms with Crippen LogP contribution < -0.4 is 5.32 Å². The first kappa shape index (κ1) is 22.0. The van der Waals surface area contributed by atoms with Crippen molar-refractivity contribution in [3.8, 4) is 0 Å². The molecular weight excluding hydrogens is 445 g/mol. The van der Waals surface area contributed by atoms with Crippen LogP contribution in [0.1, 0.15) is 18.4 Å². The number of sulfonamides is 1. The lowest BCUT2D eigenvalue weighted by Gasteiger charge is -2.31. The summed E-state index contributed by atoms with van der Waals surface area (Å²) in [5, 5.41) is 2.82. The number of amides is 1. The van der Waals surface area contributed by atoms with Crippen molar-refractivity contribution in [1.29, 1.82) is 0 Å². The Hall–Kier alpha value is -1.74. The van der Waals surface area contributed by atoms with Crippen LogP contribution in [0.3, 0.4) is 0 Å². The molecule has 3 rings (SSSR count). The van der Waals surface area contributed by atoms with E-state index in [1.807, 2.05) is 0 Å². The first-order valence-electron chi connectivity index (χ1n) is 8.84. The Bertz CT molecular complexity index is 1010. The van der Waals surface area contributed by atoms with Gasteiger partial charge in [-0.1, -0.05) is 35.3 Å². The molecule has 0 aliphatic carbocycles. The van der Waals surface area contributed by atoms with Gasteiger partial charge in [0.15, 0.2) is 0 Å². The highest BCUT2D eigenvalue weighted by Crippen LogP contribution is 2.27. The van der Waals surface area contributed by atoms with Gasteiger partial charge < -0.3 is 5.32 Å². The van der Waals surface area contributed by atoms with Crippen molar-refractivity contribution < 1.29 is 22.0 Å². The molecule has 0 unspecified atom stereocenters. The van der Waals surface area contributed by atoms with Gasteiger partial charge in [-0.3, -0.25) is 4.79 Å². The van der Waals surface area contributed by atoms with Gasteiger partial charge >= 0.3 is 0 Å². The summed E-state index contributed by atoms with van der Waals surface area (Å²) in [6, 6.07) is 7.83. The summed E-state index contributed by atoms with van der Waals surface area (Å²) in [7, 11) is -3.72. The lowest BCUT2D eigenvalue weighted by atomic mass is 9.98. The number of nitrogens with one attached hydrogen (secondary N) is 1. The summed E-state index contributed by atoms with van der Waals surface area (Å²) in [5.41, 5.74) is -0.0623. The summed E-state index contributed by atoms with van der Waals surface area (Å²) in [5.74, 6) is -3.41. The van der Waals surface area contributed by atoms with Crippen molar-refractivity contribution in [2.24, 2.45) is 5.92 Å². The first-order valence-corrected chi connectivity index (χ1v) is 11.2. The molecule has 1 atom stereocenters. The Balaban J connectivity index is 1.70. The van der Waals surface area contributed by atoms with E-state index in [0.717, 1.165) is 12.1 Å². The van der Waals surface area contributed by atoms with Crippen molar-refractivity contribution in [2.75, 3.05) is 18.4 Å². The molecule has 0 spiro atoms. The molecule has 1 aliphatic heterocycles. The summed E-state index contributed by atoms with van der Waals surface area (Å²) in [6.07, 6.45) is 0.874. The van der Waals surface area contributed by atoms with Gasteiger partial charge in [0, 0.05) is 13.1 Å². The van der Waals surface area contributed by atoms with Crippen LogP contribution in [0.5, 0.6) is 0 Å². The van der Waals surface area contributed by atoms with Crippen molar-refractivity contribution in [1.82, 2.24) is 4.31 Å². The van der Waals surface area contributed by atoms with Crippen molar-refractivity contribution in [2.45, 2.75) is 18.6 Å². The maximum atomic E-state index is 13.8. The van der Waals surface area contributed by atoms with Crippen LogP contribution in [0.25, 0.3) is 0 Å². The van der Waals surface area contributed by atoms with E-state index in [0.29, 0.717) is 23.4 Å². The molecule has 1 heterocycles. The number of hydrogen-bond acceptors (Lipinski definition) is 3. The highest BCUT2D eigenvalue weighted by atomic mass is 35.5. The molecule has 156 valence electrons. The van der Waals surface area contributed by atoms with Gasteiger partial charge in [0.1, 0.15) is 17.3 Å². The molecule has 0 bridgehead atoms. The van der Waals surface area contributed by atoms with Crippen molar-refractivity contribution in [3.63, 3.8) is 0 Å². The second kappa shape index (κ2) is 8.95. The Labute approximate surface area is 177 Å². The van der Waals surface area contributed by atoms with Gasteiger partial charge in [0.2, 0.25) is 15.9 Å². The average molecular weight is 463 g/mol. The molecule has 0 radical (unpaired) electrons. The molecule has 29 heavy (non-hydrogen) atoms. The topological polar surface area (TPSA) is 66.5 Å². The number of para-hydroxylation sites is 1. The number of carbonyl (C=O) groups is 1. The summed E-state index contributed by atoms with van der Waals surface area (Å²) >= 11 is 11.8. The van der Waals surface area contributed by atoms with Gasteiger partial charge in [0.05, 0.1) is 21.7 Å². The van der Waals surface area contributed by atoms with E-state index in [4.69, 9.17) is 23.2 Å². The van der Waals surface area contributed by atoms with E-state index in [1.54, 1.807) is 6.07 Å². The number of anilines is 1. The van der Waals surface area contributed by atoms with Gasteiger partial charge in [0.25, 0.3) is 0 Å². The Kier molecular flexibility index (Phi) is 6.78. The van der Waals surface area contributed by atoms with Crippen LogP contribution in [0.15, 0.2) is 36.4 Å². The zero-order valence-corrected chi connectivity index (χ0v) is 17.5. The zero-order valence-electron chi connectivity index (χ0n) is 15.2. The monoisotopic (exact) mass is 462 g/mol. The molecule has 2 aromatic carbocycles. The van der Waals surface area contributed by atoms with Gasteiger partial charge in [-0.25, -0.2) is 21.5 Å². The fourth-order valence-electron chi connectivity index (χ4n) is 3.18. The number of rotatable bonds is 5. The van der Waals surface area contributed by atoms with E-state index in [1.165, 1.54) is 22.5 Å². The standard InChI is InChI=1S/C19H18Cl2F2N2O3S/c20-14-7-6-12(9-15(14)21)11-29(27,28)25-8-2-3-13(10-25)19(26)24-18-16(22)4-1-5-17(18)23/h1,4-7,9,13H,2-3,8,10-11H2,(H,24,26)/t13-/m1/s1. The fraction of sp³-hybridized carbons (Fsp3) is 0.316. The van der Waals surface area contributed by atoms with Crippen LogP contribution in [-0.4, -0.2) is 31.7 Å².